The van der Waals surface area contributed by atoms with E-state index in [9.17, 15) is 0 Å². The summed E-state index contributed by atoms with van der Waals surface area (Å²) in [6, 6.07) is 6.38. The van der Waals surface area contributed by atoms with Gasteiger partial charge >= 0.3 is 0 Å². The lowest BCUT2D eigenvalue weighted by Gasteiger charge is -2.02. The topological polar surface area (TPSA) is 0 Å². The number of halogens is 2. The molecule has 0 bridgehead atoms. The van der Waals surface area contributed by atoms with Crippen molar-refractivity contribution in [2.75, 3.05) is 0 Å². The molecule has 0 aliphatic heterocycles. The second kappa shape index (κ2) is 4.58. The quantitative estimate of drug-likeness (QED) is 0.639. The first-order chi connectivity index (χ1) is 7.08. The fourth-order valence-corrected chi connectivity index (χ4v) is 4.26. The highest BCUT2D eigenvalue weighted by molar-refractivity contribution is 9.11. The number of aryl methyl sites for hydroxylation is 2. The van der Waals surface area contributed by atoms with Crippen LogP contribution in [-0.4, -0.2) is 0 Å². The Labute approximate surface area is 111 Å². The first-order valence-corrected chi connectivity index (χ1v) is 7.40. The highest BCUT2D eigenvalue weighted by Gasteiger charge is 2.16. The number of rotatable bonds is 2. The van der Waals surface area contributed by atoms with Gasteiger partial charge in [-0.15, -0.1) is 34.3 Å². The number of thiophene rings is 2. The summed E-state index contributed by atoms with van der Waals surface area (Å²) in [7, 11) is 0. The van der Waals surface area contributed by atoms with Gasteiger partial charge in [-0.3, -0.25) is 0 Å². The summed E-state index contributed by atoms with van der Waals surface area (Å²) < 4.78 is 1.18. The van der Waals surface area contributed by atoms with Gasteiger partial charge in [0.15, 0.2) is 0 Å². The van der Waals surface area contributed by atoms with Crippen LogP contribution in [0.2, 0.25) is 0 Å². The standard InChI is InChI=1S/C11H10BrClS2/c1-6-5-9(15-11(6)12)10(13)8-4-3-7(2)14-8/h3-5,10H,1-2H3. The van der Waals surface area contributed by atoms with Crippen molar-refractivity contribution < 1.29 is 0 Å². The van der Waals surface area contributed by atoms with Crippen LogP contribution >= 0.6 is 50.2 Å². The number of hydrogen-bond acceptors (Lipinski definition) is 2. The van der Waals surface area contributed by atoms with Crippen molar-refractivity contribution in [2.24, 2.45) is 0 Å². The fraction of sp³-hybridized carbons (Fsp3) is 0.273. The molecule has 80 valence electrons. The lowest BCUT2D eigenvalue weighted by molar-refractivity contribution is 1.23. The Morgan fingerprint density at radius 1 is 1.20 bits per heavy atom. The van der Waals surface area contributed by atoms with Gasteiger partial charge in [-0.05, 0) is 53.5 Å². The maximum absolute atomic E-state index is 6.43. The minimum atomic E-state index is -0.00120. The third-order valence-electron chi connectivity index (χ3n) is 2.14. The Hall–Kier alpha value is 0.170. The molecule has 0 saturated heterocycles. The maximum atomic E-state index is 6.43. The highest BCUT2D eigenvalue weighted by atomic mass is 79.9. The van der Waals surface area contributed by atoms with E-state index in [1.54, 1.807) is 22.7 Å². The van der Waals surface area contributed by atoms with Crippen LogP contribution < -0.4 is 0 Å². The summed E-state index contributed by atoms with van der Waals surface area (Å²) in [5.41, 5.74) is 1.26. The predicted octanol–water partition coefficient (Wildman–Crippen LogP) is 5.52. The van der Waals surface area contributed by atoms with Crippen LogP contribution in [0.1, 0.15) is 25.6 Å². The minimum absolute atomic E-state index is 0.00120. The Morgan fingerprint density at radius 3 is 2.40 bits per heavy atom. The molecule has 1 unspecified atom stereocenters. The predicted molar refractivity (Wildman–Crippen MR) is 73.5 cm³/mol. The van der Waals surface area contributed by atoms with Gasteiger partial charge in [-0.25, -0.2) is 0 Å². The summed E-state index contributed by atoms with van der Waals surface area (Å²) in [6.07, 6.45) is 0. The van der Waals surface area contributed by atoms with Gasteiger partial charge in [-0.1, -0.05) is 0 Å². The van der Waals surface area contributed by atoms with E-state index >= 15 is 0 Å². The summed E-state index contributed by atoms with van der Waals surface area (Å²) in [5, 5.41) is -0.00120. The molecule has 0 fully saturated rings. The molecule has 0 nitrogen and oxygen atoms in total. The Balaban J connectivity index is 2.31. The van der Waals surface area contributed by atoms with Crippen LogP contribution in [0, 0.1) is 13.8 Å². The monoisotopic (exact) mass is 320 g/mol. The molecule has 0 aromatic carbocycles. The lowest BCUT2D eigenvalue weighted by atomic mass is 10.2. The summed E-state index contributed by atoms with van der Waals surface area (Å²) in [6.45, 7) is 4.20. The van der Waals surface area contributed by atoms with Crippen molar-refractivity contribution >= 4 is 50.2 Å². The molecule has 2 aromatic heterocycles. The third-order valence-corrected chi connectivity index (χ3v) is 6.13. The fourth-order valence-electron chi connectivity index (χ4n) is 1.34. The Bertz CT molecular complexity index is 453. The van der Waals surface area contributed by atoms with Crippen LogP contribution in [0.3, 0.4) is 0 Å². The summed E-state index contributed by atoms with van der Waals surface area (Å²) in [5.74, 6) is 0. The van der Waals surface area contributed by atoms with Gasteiger partial charge < -0.3 is 0 Å². The van der Waals surface area contributed by atoms with Crippen LogP contribution in [0.4, 0.5) is 0 Å². The molecular weight excluding hydrogens is 312 g/mol. The van der Waals surface area contributed by atoms with E-state index in [0.29, 0.717) is 0 Å². The van der Waals surface area contributed by atoms with Crippen LogP contribution in [0.5, 0.6) is 0 Å². The van der Waals surface area contributed by atoms with Gasteiger partial charge in [0.1, 0.15) is 5.38 Å². The van der Waals surface area contributed by atoms with E-state index in [0.717, 1.165) is 0 Å². The zero-order valence-electron chi connectivity index (χ0n) is 8.38. The first kappa shape index (κ1) is 11.6. The Kier molecular flexibility index (Phi) is 3.56. The molecule has 0 amide bonds. The molecule has 0 radical (unpaired) electrons. The van der Waals surface area contributed by atoms with E-state index in [2.05, 4.69) is 48.0 Å². The van der Waals surface area contributed by atoms with Crippen LogP contribution in [0.15, 0.2) is 22.0 Å². The van der Waals surface area contributed by atoms with E-state index < -0.39 is 0 Å². The molecule has 4 heteroatoms. The molecule has 15 heavy (non-hydrogen) atoms. The summed E-state index contributed by atoms with van der Waals surface area (Å²) >= 11 is 13.4. The Morgan fingerprint density at radius 2 is 1.93 bits per heavy atom. The van der Waals surface area contributed by atoms with Gasteiger partial charge in [0, 0.05) is 14.6 Å². The van der Waals surface area contributed by atoms with Crippen molar-refractivity contribution in [2.45, 2.75) is 19.2 Å². The molecular formula is C11H10BrClS2. The van der Waals surface area contributed by atoms with Gasteiger partial charge in [0.2, 0.25) is 0 Å². The number of alkyl halides is 1. The van der Waals surface area contributed by atoms with Gasteiger partial charge in [-0.2, -0.15) is 0 Å². The third kappa shape index (κ3) is 2.47. The van der Waals surface area contributed by atoms with Crippen molar-refractivity contribution in [1.29, 1.82) is 0 Å². The zero-order valence-corrected chi connectivity index (χ0v) is 12.4. The minimum Gasteiger partial charge on any atom is -0.144 e. The van der Waals surface area contributed by atoms with E-state index in [-0.39, 0.29) is 5.38 Å². The van der Waals surface area contributed by atoms with Crippen molar-refractivity contribution in [3.05, 3.63) is 42.2 Å². The van der Waals surface area contributed by atoms with Gasteiger partial charge in [0.25, 0.3) is 0 Å². The van der Waals surface area contributed by atoms with Crippen LogP contribution in [-0.2, 0) is 0 Å². The zero-order chi connectivity index (χ0) is 11.0. The molecule has 2 rings (SSSR count). The second-order valence-corrected chi connectivity index (χ2v) is 7.57. The van der Waals surface area contributed by atoms with Crippen molar-refractivity contribution in [3.63, 3.8) is 0 Å². The normalized spacial score (nSPS) is 13.1. The maximum Gasteiger partial charge on any atom is 0.102 e. The average Bonchev–Trinajstić information content (AvgIpc) is 2.74. The van der Waals surface area contributed by atoms with E-state index in [4.69, 9.17) is 11.6 Å². The van der Waals surface area contributed by atoms with Crippen molar-refractivity contribution in [3.8, 4) is 0 Å². The molecule has 0 aliphatic carbocycles. The van der Waals surface area contributed by atoms with Crippen LogP contribution in [0.25, 0.3) is 0 Å². The number of hydrogen-bond donors (Lipinski definition) is 0. The summed E-state index contributed by atoms with van der Waals surface area (Å²) in [4.78, 5) is 3.74. The molecule has 0 spiro atoms. The smallest absolute Gasteiger partial charge is 0.102 e. The van der Waals surface area contributed by atoms with Crippen molar-refractivity contribution in [1.82, 2.24) is 0 Å². The molecule has 2 aromatic rings. The highest BCUT2D eigenvalue weighted by Crippen LogP contribution is 2.39. The van der Waals surface area contributed by atoms with E-state index in [1.165, 1.54) is 24.0 Å². The molecule has 0 aliphatic rings. The molecule has 0 N–H and O–H groups in total. The lowest BCUT2D eigenvalue weighted by Crippen LogP contribution is -1.84. The molecule has 1 atom stereocenters. The first-order valence-electron chi connectivity index (χ1n) is 4.54. The largest absolute Gasteiger partial charge is 0.144 e. The SMILES string of the molecule is Cc1ccc(C(Cl)c2cc(C)c(Br)s2)s1. The molecule has 0 saturated carbocycles. The van der Waals surface area contributed by atoms with E-state index in [1.807, 2.05) is 0 Å². The van der Waals surface area contributed by atoms with Gasteiger partial charge in [0.05, 0.1) is 3.79 Å². The second-order valence-electron chi connectivity index (χ2n) is 3.42. The average molecular weight is 322 g/mol. The molecule has 2 heterocycles.